The largest absolute Gasteiger partial charge is 0.309 e. The Labute approximate surface area is 614 Å². The van der Waals surface area contributed by atoms with Crippen LogP contribution in [0.15, 0.2) is 401 Å². The summed E-state index contributed by atoms with van der Waals surface area (Å²) in [5, 5.41) is 12.6. The molecule has 20 aromatic rings. The van der Waals surface area contributed by atoms with E-state index in [1.54, 1.807) is 0 Å². The first-order valence-corrected chi connectivity index (χ1v) is 37.9. The van der Waals surface area contributed by atoms with Gasteiger partial charge in [0.1, 0.15) is 0 Å². The van der Waals surface area contributed by atoms with Crippen LogP contribution in [0.3, 0.4) is 0 Å². The van der Waals surface area contributed by atoms with Crippen molar-refractivity contribution in [3.63, 3.8) is 0 Å². The van der Waals surface area contributed by atoms with E-state index >= 15 is 0 Å². The van der Waals surface area contributed by atoms with Crippen LogP contribution < -0.4 is 20.7 Å². The Hall–Kier alpha value is -14.0. The van der Waals surface area contributed by atoms with Gasteiger partial charge in [-0.2, -0.15) is 0 Å². The maximum absolute atomic E-state index is 5.30. The molecule has 15 aromatic carbocycles. The lowest BCUT2D eigenvalue weighted by atomic mass is 10.0. The maximum Gasteiger partial charge on any atom is 0.235 e. The van der Waals surface area contributed by atoms with Crippen molar-refractivity contribution < 1.29 is 0 Å². The second kappa shape index (κ2) is 27.1. The number of benzene rings is 15. The Bertz CT molecular complexity index is 6430. The minimum atomic E-state index is -2.69. The summed E-state index contributed by atoms with van der Waals surface area (Å²) in [6.45, 7) is 0. The summed E-state index contributed by atoms with van der Waals surface area (Å²) in [7, 11) is -2.69. The first-order chi connectivity index (χ1) is 52.6. The molecule has 5 heterocycles. The molecule has 9 heteroatoms. The summed E-state index contributed by atoms with van der Waals surface area (Å²) in [6, 6.07) is 140. The number of hydrogen-bond acceptors (Lipinski definition) is 5. The molecule has 8 nitrogen and oxygen atoms in total. The highest BCUT2D eigenvalue weighted by molar-refractivity contribution is 7.20. The molecule has 0 spiro atoms. The van der Waals surface area contributed by atoms with Gasteiger partial charge in [0.15, 0.2) is 25.5 Å². The second-order valence-electron chi connectivity index (χ2n) is 26.7. The predicted molar refractivity (Wildman–Crippen MR) is 441 cm³/mol. The predicted octanol–water partition coefficient (Wildman–Crippen LogP) is 21.0. The molecule has 0 aliphatic carbocycles. The molecule has 0 unspecified atom stereocenters. The van der Waals surface area contributed by atoms with Crippen LogP contribution in [0.1, 0.15) is 0 Å². The van der Waals surface area contributed by atoms with Gasteiger partial charge in [-0.25, -0.2) is 24.9 Å². The molecule has 0 aliphatic heterocycles. The number of hydrogen-bond donors (Lipinski definition) is 0. The van der Waals surface area contributed by atoms with E-state index in [0.29, 0.717) is 23.4 Å². The molecule has 20 rings (SSSR count). The highest BCUT2D eigenvalue weighted by Crippen LogP contribution is 2.40. The Morgan fingerprint density at radius 3 is 1.08 bits per heavy atom. The Morgan fingerprint density at radius 2 is 0.557 bits per heavy atom. The number of fused-ring (bicyclic) bond motifs is 9. The minimum absolute atomic E-state index is 0.630. The number of nitrogens with zero attached hydrogens (tertiary/aromatic N) is 8. The number of para-hydroxylation sites is 4. The van der Waals surface area contributed by atoms with Gasteiger partial charge in [-0.15, -0.1) is 0 Å². The topological polar surface area (TPSA) is 79.2 Å². The zero-order valence-electron chi connectivity index (χ0n) is 57.7. The standard InChI is InChI=1S/C51H33N5.C46H33N3Si/c1-3-15-34(16-4-1)49-52-50(35-17-5-2-6-18-35)54-51(53-49)38-20-14-22-40(32-38)56-47-28-12-9-25-43(47)44-33-37(29-30-48(44)56)36-19-13-21-39(31-36)55-45-26-10-7-23-41(45)42-24-8-11-27-46(42)55;1-5-16-34(17-6-1)35-28-29-42-41-26-13-14-27-44(41)49(45(42)33-35)46-47-31-30-43(48-46)36-18-15-25-40(32-36)50(37-19-7-2-8-20-37,38-21-9-3-10-22-38)39-23-11-4-12-24-39/h1-33H;1-33H. The van der Waals surface area contributed by atoms with Gasteiger partial charge in [0, 0.05) is 72.1 Å². The van der Waals surface area contributed by atoms with Gasteiger partial charge in [-0.1, -0.05) is 322 Å². The molecule has 0 N–H and O–H groups in total. The highest BCUT2D eigenvalue weighted by Gasteiger charge is 2.41. The Kier molecular flexibility index (Phi) is 16.1. The first-order valence-electron chi connectivity index (χ1n) is 35.9. The molecule has 0 fully saturated rings. The molecule has 498 valence electrons. The minimum Gasteiger partial charge on any atom is -0.309 e. The average molecular weight is 1370 g/mol. The molecular weight excluding hydrogens is 1310 g/mol. The van der Waals surface area contributed by atoms with E-state index in [9.17, 15) is 0 Å². The van der Waals surface area contributed by atoms with Crippen LogP contribution in [0, 0.1) is 0 Å². The quantitative estimate of drug-likeness (QED) is 0.0849. The van der Waals surface area contributed by atoms with Crippen molar-refractivity contribution >= 4 is 94.2 Å². The lowest BCUT2D eigenvalue weighted by Gasteiger charge is -2.34. The van der Waals surface area contributed by atoms with Crippen molar-refractivity contribution in [3.8, 4) is 85.0 Å². The van der Waals surface area contributed by atoms with E-state index in [-0.39, 0.29) is 0 Å². The van der Waals surface area contributed by atoms with Gasteiger partial charge < -0.3 is 9.13 Å². The van der Waals surface area contributed by atoms with Crippen LogP contribution in [0.2, 0.25) is 0 Å². The van der Waals surface area contributed by atoms with Crippen molar-refractivity contribution in [2.45, 2.75) is 0 Å². The fraction of sp³-hybridized carbons (Fsp3) is 0. The Balaban J connectivity index is 0.000000146. The summed E-state index contributed by atoms with van der Waals surface area (Å²) >= 11 is 0. The molecule has 5 aromatic heterocycles. The molecular formula is C97H66N8Si. The molecule has 0 bridgehead atoms. The summed E-state index contributed by atoms with van der Waals surface area (Å²) in [4.78, 5) is 25.1. The third-order valence-electron chi connectivity index (χ3n) is 20.6. The summed E-state index contributed by atoms with van der Waals surface area (Å²) < 4.78 is 6.94. The van der Waals surface area contributed by atoms with Crippen molar-refractivity contribution in [2.24, 2.45) is 0 Å². The molecule has 0 radical (unpaired) electrons. The Morgan fingerprint density at radius 1 is 0.198 bits per heavy atom. The van der Waals surface area contributed by atoms with Crippen LogP contribution in [0.5, 0.6) is 0 Å². The average Bonchev–Trinajstić information content (AvgIpc) is 1.43. The van der Waals surface area contributed by atoms with Crippen LogP contribution in [0.4, 0.5) is 0 Å². The van der Waals surface area contributed by atoms with Gasteiger partial charge in [-0.3, -0.25) is 4.57 Å². The van der Waals surface area contributed by atoms with E-state index in [0.717, 1.165) is 67.0 Å². The van der Waals surface area contributed by atoms with E-state index < -0.39 is 8.07 Å². The monoisotopic (exact) mass is 1370 g/mol. The van der Waals surface area contributed by atoms with Crippen molar-refractivity contribution in [2.75, 3.05) is 0 Å². The number of rotatable bonds is 13. The lowest BCUT2D eigenvalue weighted by Crippen LogP contribution is -2.74. The normalized spacial score (nSPS) is 11.6. The van der Waals surface area contributed by atoms with Gasteiger partial charge >= 0.3 is 0 Å². The van der Waals surface area contributed by atoms with E-state index in [1.807, 2.05) is 72.9 Å². The second-order valence-corrected chi connectivity index (χ2v) is 30.5. The van der Waals surface area contributed by atoms with Crippen molar-refractivity contribution in [1.29, 1.82) is 0 Å². The van der Waals surface area contributed by atoms with Gasteiger partial charge in [-0.05, 0) is 116 Å². The first kappa shape index (κ1) is 63.0. The fourth-order valence-corrected chi connectivity index (χ4v) is 20.6. The number of aromatic nitrogens is 8. The molecule has 0 saturated carbocycles. The zero-order valence-corrected chi connectivity index (χ0v) is 58.7. The summed E-state index contributed by atoms with van der Waals surface area (Å²) in [6.07, 6.45) is 1.89. The smallest absolute Gasteiger partial charge is 0.235 e. The third kappa shape index (κ3) is 11.2. The van der Waals surface area contributed by atoms with Gasteiger partial charge in [0.05, 0.1) is 38.8 Å². The molecule has 106 heavy (non-hydrogen) atoms. The molecule has 0 aliphatic rings. The SMILES string of the molecule is c1ccc(-c2ccc3c4ccccc4n(-c4nccc(-c5cccc([Si](c6ccccc6)(c6ccccc6)c6ccccc6)c5)n4)c3c2)cc1.c1ccc(-c2nc(-c3ccccc3)nc(-c3cccc(-n4c5ccccc5c5cc(-c6cccc(-n7c8ccccc8c8ccccc87)c6)ccc54)c3)n2)cc1. The van der Waals surface area contributed by atoms with E-state index in [2.05, 4.69) is 341 Å². The van der Waals surface area contributed by atoms with Gasteiger partial charge in [0.2, 0.25) is 5.95 Å². The molecule has 0 atom stereocenters. The van der Waals surface area contributed by atoms with Crippen molar-refractivity contribution in [1.82, 2.24) is 38.6 Å². The summed E-state index contributed by atoms with van der Waals surface area (Å²) in [5.41, 5.74) is 18.5. The van der Waals surface area contributed by atoms with Gasteiger partial charge in [0.25, 0.3) is 0 Å². The van der Waals surface area contributed by atoms with E-state index in [4.69, 9.17) is 24.9 Å². The fourth-order valence-electron chi connectivity index (χ4n) is 15.8. The van der Waals surface area contributed by atoms with Crippen LogP contribution in [0.25, 0.3) is 150 Å². The summed E-state index contributed by atoms with van der Waals surface area (Å²) in [5.74, 6) is 2.57. The zero-order chi connectivity index (χ0) is 70.3. The lowest BCUT2D eigenvalue weighted by molar-refractivity contribution is 0.992. The third-order valence-corrected chi connectivity index (χ3v) is 25.4. The highest BCUT2D eigenvalue weighted by atomic mass is 28.3. The maximum atomic E-state index is 5.30. The van der Waals surface area contributed by atoms with Crippen LogP contribution in [-0.2, 0) is 0 Å². The molecule has 0 saturated heterocycles. The van der Waals surface area contributed by atoms with E-state index in [1.165, 1.54) is 80.8 Å². The molecule has 0 amide bonds. The van der Waals surface area contributed by atoms with Crippen LogP contribution in [-0.4, -0.2) is 46.7 Å². The van der Waals surface area contributed by atoms with Crippen molar-refractivity contribution in [3.05, 3.63) is 401 Å². The van der Waals surface area contributed by atoms with Crippen LogP contribution >= 0.6 is 0 Å².